The first kappa shape index (κ1) is 17.9. The summed E-state index contributed by atoms with van der Waals surface area (Å²) in [5, 5.41) is 2.37. The number of hydrogen-bond donors (Lipinski definition) is 1. The minimum Gasteiger partial charge on any atom is -0.444 e. The Morgan fingerprint density at radius 3 is 2.45 bits per heavy atom. The number of amides is 1. The lowest BCUT2D eigenvalue weighted by Gasteiger charge is -2.22. The van der Waals surface area contributed by atoms with E-state index in [1.807, 2.05) is 0 Å². The molecule has 1 aromatic rings. The second kappa shape index (κ2) is 7.20. The van der Waals surface area contributed by atoms with Crippen molar-refractivity contribution in [2.24, 2.45) is 0 Å². The van der Waals surface area contributed by atoms with Gasteiger partial charge in [0.2, 0.25) is 0 Å². The standard InChI is InChI=1S/C15H19F2NO4/c1-9-5-6-10(7-12(9)21-13(16)17)11(8-19)18-14(20)22-15(2,3)4/h5-8,11,13H,1-4H3,(H,18,20). The fourth-order valence-electron chi connectivity index (χ4n) is 1.66. The summed E-state index contributed by atoms with van der Waals surface area (Å²) in [6, 6.07) is 3.35. The van der Waals surface area contributed by atoms with E-state index in [9.17, 15) is 18.4 Å². The first-order valence-corrected chi connectivity index (χ1v) is 6.62. The van der Waals surface area contributed by atoms with E-state index in [-0.39, 0.29) is 5.75 Å². The molecule has 1 atom stereocenters. The van der Waals surface area contributed by atoms with Crippen LogP contribution in [-0.2, 0) is 9.53 Å². The summed E-state index contributed by atoms with van der Waals surface area (Å²) in [5.74, 6) is -0.0506. The van der Waals surface area contributed by atoms with E-state index >= 15 is 0 Å². The maximum Gasteiger partial charge on any atom is 0.408 e. The molecule has 0 aliphatic carbocycles. The van der Waals surface area contributed by atoms with E-state index in [2.05, 4.69) is 10.1 Å². The number of carbonyl (C=O) groups excluding carboxylic acids is 2. The zero-order valence-electron chi connectivity index (χ0n) is 12.9. The van der Waals surface area contributed by atoms with Crippen LogP contribution >= 0.6 is 0 Å². The lowest BCUT2D eigenvalue weighted by Crippen LogP contribution is -2.35. The van der Waals surface area contributed by atoms with Gasteiger partial charge in [0.05, 0.1) is 0 Å². The number of aryl methyl sites for hydroxylation is 1. The van der Waals surface area contributed by atoms with Crippen molar-refractivity contribution in [1.82, 2.24) is 5.32 Å². The second-order valence-corrected chi connectivity index (χ2v) is 5.66. The number of alkyl halides is 2. The largest absolute Gasteiger partial charge is 0.444 e. The SMILES string of the molecule is Cc1ccc(C(C=O)NC(=O)OC(C)(C)C)cc1OC(F)F. The van der Waals surface area contributed by atoms with Gasteiger partial charge in [0.15, 0.2) is 0 Å². The highest BCUT2D eigenvalue weighted by molar-refractivity contribution is 5.74. The number of ether oxygens (including phenoxy) is 2. The highest BCUT2D eigenvalue weighted by Gasteiger charge is 2.21. The van der Waals surface area contributed by atoms with Crippen LogP contribution in [0.15, 0.2) is 18.2 Å². The predicted molar refractivity (Wildman–Crippen MR) is 76.0 cm³/mol. The molecule has 0 saturated heterocycles. The molecule has 0 aromatic heterocycles. The predicted octanol–water partition coefficient (Wildman–Crippen LogP) is 3.36. The van der Waals surface area contributed by atoms with E-state index in [0.29, 0.717) is 17.4 Å². The Hall–Kier alpha value is -2.18. The average Bonchev–Trinajstić information content (AvgIpc) is 2.36. The Labute approximate surface area is 127 Å². The van der Waals surface area contributed by atoms with Crippen molar-refractivity contribution < 1.29 is 27.8 Å². The zero-order chi connectivity index (χ0) is 16.9. The smallest absolute Gasteiger partial charge is 0.408 e. The normalized spacial score (nSPS) is 12.7. The summed E-state index contributed by atoms with van der Waals surface area (Å²) in [4.78, 5) is 22.9. The maximum atomic E-state index is 12.3. The van der Waals surface area contributed by atoms with Crippen molar-refractivity contribution in [3.05, 3.63) is 29.3 Å². The molecule has 0 saturated carbocycles. The maximum absolute atomic E-state index is 12.3. The van der Waals surface area contributed by atoms with Crippen LogP contribution in [0.3, 0.4) is 0 Å². The molecule has 0 aliphatic rings. The molecule has 1 rings (SSSR count). The van der Waals surface area contributed by atoms with E-state index in [4.69, 9.17) is 4.74 Å². The molecule has 1 amide bonds. The van der Waals surface area contributed by atoms with Gasteiger partial charge >= 0.3 is 12.7 Å². The fraction of sp³-hybridized carbons (Fsp3) is 0.467. The number of hydrogen-bond acceptors (Lipinski definition) is 4. The second-order valence-electron chi connectivity index (χ2n) is 5.66. The Morgan fingerprint density at radius 2 is 1.95 bits per heavy atom. The van der Waals surface area contributed by atoms with E-state index in [1.165, 1.54) is 12.1 Å². The zero-order valence-corrected chi connectivity index (χ0v) is 12.9. The van der Waals surface area contributed by atoms with Crippen LogP contribution in [0.1, 0.15) is 37.9 Å². The van der Waals surface area contributed by atoms with Crippen molar-refractivity contribution in [3.8, 4) is 5.75 Å². The lowest BCUT2D eigenvalue weighted by molar-refractivity contribution is -0.109. The number of aldehydes is 1. The highest BCUT2D eigenvalue weighted by atomic mass is 19.3. The Morgan fingerprint density at radius 1 is 1.32 bits per heavy atom. The van der Waals surface area contributed by atoms with Gasteiger partial charge in [0.1, 0.15) is 23.7 Å². The summed E-state index contributed by atoms with van der Waals surface area (Å²) in [6.45, 7) is 3.68. The van der Waals surface area contributed by atoms with Crippen LogP contribution in [0.4, 0.5) is 13.6 Å². The van der Waals surface area contributed by atoms with E-state index in [1.54, 1.807) is 33.8 Å². The summed E-state index contributed by atoms with van der Waals surface area (Å²) in [7, 11) is 0. The van der Waals surface area contributed by atoms with Gasteiger partial charge in [0, 0.05) is 0 Å². The molecule has 1 unspecified atom stereocenters. The first-order valence-electron chi connectivity index (χ1n) is 6.62. The summed E-state index contributed by atoms with van der Waals surface area (Å²) in [6.07, 6.45) is -0.290. The Balaban J connectivity index is 2.91. The van der Waals surface area contributed by atoms with Gasteiger partial charge in [-0.05, 0) is 44.9 Å². The number of nitrogens with one attached hydrogen (secondary N) is 1. The lowest BCUT2D eigenvalue weighted by atomic mass is 10.1. The summed E-state index contributed by atoms with van der Waals surface area (Å²) in [5.41, 5.74) is 0.0995. The molecule has 0 fully saturated rings. The molecular weight excluding hydrogens is 296 g/mol. The number of benzene rings is 1. The van der Waals surface area contributed by atoms with Gasteiger partial charge in [0.25, 0.3) is 0 Å². The Bertz CT molecular complexity index is 541. The molecule has 122 valence electrons. The van der Waals surface area contributed by atoms with E-state index < -0.39 is 24.3 Å². The average molecular weight is 315 g/mol. The third-order valence-corrected chi connectivity index (χ3v) is 2.60. The van der Waals surface area contributed by atoms with Crippen LogP contribution in [0.5, 0.6) is 5.75 Å². The van der Waals surface area contributed by atoms with Crippen LogP contribution in [0.25, 0.3) is 0 Å². The monoisotopic (exact) mass is 315 g/mol. The van der Waals surface area contributed by atoms with E-state index in [0.717, 1.165) is 0 Å². The molecule has 7 heteroatoms. The molecule has 0 bridgehead atoms. The topological polar surface area (TPSA) is 64.6 Å². The third-order valence-electron chi connectivity index (χ3n) is 2.60. The number of alkyl carbamates (subject to hydrolysis) is 1. The molecule has 5 nitrogen and oxygen atoms in total. The van der Waals surface area contributed by atoms with Crippen molar-refractivity contribution in [3.63, 3.8) is 0 Å². The fourth-order valence-corrected chi connectivity index (χ4v) is 1.66. The molecule has 0 aliphatic heterocycles. The third kappa shape index (κ3) is 5.67. The van der Waals surface area contributed by atoms with Crippen molar-refractivity contribution in [2.75, 3.05) is 0 Å². The van der Waals surface area contributed by atoms with Crippen molar-refractivity contribution in [1.29, 1.82) is 0 Å². The van der Waals surface area contributed by atoms with Gasteiger partial charge in [-0.3, -0.25) is 0 Å². The van der Waals surface area contributed by atoms with Crippen LogP contribution in [0.2, 0.25) is 0 Å². The molecule has 0 heterocycles. The van der Waals surface area contributed by atoms with Crippen LogP contribution < -0.4 is 10.1 Å². The van der Waals surface area contributed by atoms with Crippen LogP contribution in [-0.4, -0.2) is 24.6 Å². The number of halogens is 2. The quantitative estimate of drug-likeness (QED) is 0.846. The van der Waals surface area contributed by atoms with Gasteiger partial charge in [-0.1, -0.05) is 12.1 Å². The minimum atomic E-state index is -2.97. The van der Waals surface area contributed by atoms with Gasteiger partial charge < -0.3 is 19.6 Å². The molecule has 1 N–H and O–H groups in total. The minimum absolute atomic E-state index is 0.0506. The van der Waals surface area contributed by atoms with Crippen molar-refractivity contribution in [2.45, 2.75) is 45.9 Å². The molecule has 1 aromatic carbocycles. The van der Waals surface area contributed by atoms with Gasteiger partial charge in [-0.2, -0.15) is 8.78 Å². The first-order chi connectivity index (χ1) is 10.1. The summed E-state index contributed by atoms with van der Waals surface area (Å²) < 4.78 is 34.1. The molecule has 0 radical (unpaired) electrons. The number of carbonyl (C=O) groups is 2. The van der Waals surface area contributed by atoms with Crippen molar-refractivity contribution >= 4 is 12.4 Å². The van der Waals surface area contributed by atoms with Crippen LogP contribution in [0, 0.1) is 6.92 Å². The molecule has 22 heavy (non-hydrogen) atoms. The molecule has 0 spiro atoms. The summed E-state index contributed by atoms with van der Waals surface area (Å²) >= 11 is 0. The molecular formula is C15H19F2NO4. The van der Waals surface area contributed by atoms with Gasteiger partial charge in [-0.25, -0.2) is 4.79 Å². The number of rotatable bonds is 5. The Kier molecular flexibility index (Phi) is 5.84. The van der Waals surface area contributed by atoms with Gasteiger partial charge in [-0.15, -0.1) is 0 Å². The highest BCUT2D eigenvalue weighted by Crippen LogP contribution is 2.24.